The molecular weight excluding hydrogens is 436 g/mol. The first kappa shape index (κ1) is 23.5. The van der Waals surface area contributed by atoms with Crippen molar-refractivity contribution in [1.82, 2.24) is 0 Å². The molecule has 3 aromatic rings. The fourth-order valence-electron chi connectivity index (χ4n) is 3.13. The number of aliphatic hydroxyl groups is 1. The van der Waals surface area contributed by atoms with Gasteiger partial charge in [-0.1, -0.05) is 54.6 Å². The van der Waals surface area contributed by atoms with Gasteiger partial charge in [0, 0.05) is 12.2 Å². The van der Waals surface area contributed by atoms with Crippen LogP contribution in [0.2, 0.25) is 0 Å². The Morgan fingerprint density at radius 1 is 0.781 bits per heavy atom. The van der Waals surface area contributed by atoms with Gasteiger partial charge in [0.25, 0.3) is 0 Å². The van der Waals surface area contributed by atoms with E-state index in [0.29, 0.717) is 5.69 Å². The third kappa shape index (κ3) is 6.65. The predicted octanol–water partition coefficient (Wildman–Crippen LogP) is 6.18. The van der Waals surface area contributed by atoms with Gasteiger partial charge >= 0.3 is 12.5 Å². The molecule has 0 amide bonds. The first-order valence-corrected chi connectivity index (χ1v) is 9.51. The van der Waals surface area contributed by atoms with Crippen LogP contribution in [-0.4, -0.2) is 30.3 Å². The summed E-state index contributed by atoms with van der Waals surface area (Å²) in [7, 11) is 0. The monoisotopic (exact) mass is 455 g/mol. The second kappa shape index (κ2) is 9.52. The van der Waals surface area contributed by atoms with Crippen molar-refractivity contribution in [2.24, 2.45) is 0 Å². The lowest BCUT2D eigenvalue weighted by Gasteiger charge is -2.28. The van der Waals surface area contributed by atoms with Crippen LogP contribution in [0.3, 0.4) is 0 Å². The third-order valence-corrected chi connectivity index (χ3v) is 4.62. The van der Waals surface area contributed by atoms with Crippen LogP contribution < -0.4 is 9.64 Å². The Balaban J connectivity index is 1.87. The molecular formula is C23H19F6NO2. The Morgan fingerprint density at radius 3 is 2.00 bits per heavy atom. The van der Waals surface area contributed by atoms with Crippen molar-refractivity contribution in [2.45, 2.75) is 25.2 Å². The number of anilines is 1. The molecule has 0 heterocycles. The number of nitrogens with zero attached hydrogens (tertiary/aromatic N) is 1. The molecule has 0 radical (unpaired) electrons. The van der Waals surface area contributed by atoms with Crippen LogP contribution in [0, 0.1) is 0 Å². The quantitative estimate of drug-likeness (QED) is 0.432. The predicted molar refractivity (Wildman–Crippen MR) is 108 cm³/mol. The van der Waals surface area contributed by atoms with Gasteiger partial charge in [-0.25, -0.2) is 0 Å². The Labute approximate surface area is 180 Å². The zero-order chi connectivity index (χ0) is 23.4. The van der Waals surface area contributed by atoms with Crippen molar-refractivity contribution in [3.05, 3.63) is 84.4 Å². The highest BCUT2D eigenvalue weighted by atomic mass is 19.4. The summed E-state index contributed by atoms with van der Waals surface area (Å²) in [5.41, 5.74) is 2.41. The minimum Gasteiger partial charge on any atom is -0.406 e. The lowest BCUT2D eigenvalue weighted by atomic mass is 10.0. The molecule has 170 valence electrons. The average Bonchev–Trinajstić information content (AvgIpc) is 2.72. The molecule has 3 nitrogen and oxygen atoms in total. The fraction of sp³-hybridized carbons (Fsp3) is 0.217. The maximum Gasteiger partial charge on any atom is 0.573 e. The Bertz CT molecular complexity index is 1000. The van der Waals surface area contributed by atoms with Crippen LogP contribution in [0.25, 0.3) is 11.1 Å². The molecule has 0 bridgehead atoms. The third-order valence-electron chi connectivity index (χ3n) is 4.62. The number of benzene rings is 3. The van der Waals surface area contributed by atoms with E-state index in [1.54, 1.807) is 24.3 Å². The van der Waals surface area contributed by atoms with Crippen molar-refractivity contribution in [2.75, 3.05) is 11.4 Å². The molecule has 0 aromatic heterocycles. The van der Waals surface area contributed by atoms with E-state index in [2.05, 4.69) is 4.74 Å². The second-order valence-corrected chi connectivity index (χ2v) is 7.05. The zero-order valence-corrected chi connectivity index (χ0v) is 16.6. The lowest BCUT2D eigenvalue weighted by Crippen LogP contribution is -2.40. The molecule has 0 aliphatic carbocycles. The smallest absolute Gasteiger partial charge is 0.406 e. The summed E-state index contributed by atoms with van der Waals surface area (Å²) >= 11 is 0. The van der Waals surface area contributed by atoms with E-state index in [4.69, 9.17) is 0 Å². The number of halogens is 6. The number of aliphatic hydroxyl groups excluding tert-OH is 1. The standard InChI is InChI=1S/C23H19F6NO2/c24-22(25,26)21(31)15-30(14-16-5-4-8-20(13-16)32-23(27,28)29)19-11-9-18(10-12-19)17-6-2-1-3-7-17/h1-13,21,31H,14-15H2. The van der Waals surface area contributed by atoms with Crippen LogP contribution in [-0.2, 0) is 6.54 Å². The number of rotatable bonds is 7. The average molecular weight is 455 g/mol. The van der Waals surface area contributed by atoms with Gasteiger partial charge in [0.15, 0.2) is 6.10 Å². The van der Waals surface area contributed by atoms with Gasteiger partial charge in [-0.15, -0.1) is 13.2 Å². The van der Waals surface area contributed by atoms with E-state index in [9.17, 15) is 31.4 Å². The van der Waals surface area contributed by atoms with Crippen molar-refractivity contribution >= 4 is 5.69 Å². The van der Waals surface area contributed by atoms with Gasteiger partial charge in [-0.05, 0) is 41.0 Å². The first-order chi connectivity index (χ1) is 15.0. The summed E-state index contributed by atoms with van der Waals surface area (Å²) in [5, 5.41) is 9.60. The van der Waals surface area contributed by atoms with Gasteiger partial charge < -0.3 is 14.7 Å². The Hall–Kier alpha value is -3.20. The number of hydrogen-bond donors (Lipinski definition) is 1. The van der Waals surface area contributed by atoms with E-state index in [1.807, 2.05) is 30.3 Å². The molecule has 0 aliphatic rings. The largest absolute Gasteiger partial charge is 0.573 e. The molecule has 3 aromatic carbocycles. The second-order valence-electron chi connectivity index (χ2n) is 7.05. The summed E-state index contributed by atoms with van der Waals surface area (Å²) in [6.07, 6.45) is -12.4. The van der Waals surface area contributed by atoms with E-state index >= 15 is 0 Å². The summed E-state index contributed by atoms with van der Waals surface area (Å²) in [6.45, 7) is -0.967. The van der Waals surface area contributed by atoms with Crippen LogP contribution in [0.15, 0.2) is 78.9 Å². The van der Waals surface area contributed by atoms with Gasteiger partial charge in [-0.3, -0.25) is 0 Å². The SMILES string of the molecule is OC(CN(Cc1cccc(OC(F)(F)F)c1)c1ccc(-c2ccccc2)cc1)C(F)(F)F. The first-order valence-electron chi connectivity index (χ1n) is 9.51. The van der Waals surface area contributed by atoms with Crippen molar-refractivity contribution in [1.29, 1.82) is 0 Å². The van der Waals surface area contributed by atoms with E-state index in [1.165, 1.54) is 17.0 Å². The molecule has 0 saturated carbocycles. The summed E-state index contributed by atoms with van der Waals surface area (Å²) in [6, 6.07) is 20.9. The normalized spacial score (nSPS) is 13.0. The molecule has 0 aliphatic heterocycles. The van der Waals surface area contributed by atoms with Crippen LogP contribution in [0.4, 0.5) is 32.0 Å². The highest BCUT2D eigenvalue weighted by Gasteiger charge is 2.39. The number of alkyl halides is 6. The van der Waals surface area contributed by atoms with Gasteiger partial charge in [0.1, 0.15) is 5.75 Å². The molecule has 0 saturated heterocycles. The lowest BCUT2D eigenvalue weighted by molar-refractivity contribution is -0.274. The van der Waals surface area contributed by atoms with Crippen LogP contribution in [0.5, 0.6) is 5.75 Å². The maximum atomic E-state index is 13.0. The van der Waals surface area contributed by atoms with Crippen molar-refractivity contribution < 1.29 is 36.2 Å². The van der Waals surface area contributed by atoms with Crippen LogP contribution in [0.1, 0.15) is 5.56 Å². The molecule has 0 fully saturated rings. The van der Waals surface area contributed by atoms with Crippen molar-refractivity contribution in [3.8, 4) is 16.9 Å². The summed E-state index contributed by atoms with van der Waals surface area (Å²) < 4.78 is 80.3. The van der Waals surface area contributed by atoms with Gasteiger partial charge in [0.05, 0.1) is 6.54 Å². The molecule has 1 unspecified atom stereocenters. The van der Waals surface area contributed by atoms with Gasteiger partial charge in [0.2, 0.25) is 0 Å². The topological polar surface area (TPSA) is 32.7 Å². The molecule has 0 spiro atoms. The van der Waals surface area contributed by atoms with E-state index in [0.717, 1.165) is 23.3 Å². The number of ether oxygens (including phenoxy) is 1. The number of hydrogen-bond acceptors (Lipinski definition) is 3. The van der Waals surface area contributed by atoms with Crippen molar-refractivity contribution in [3.63, 3.8) is 0 Å². The maximum absolute atomic E-state index is 13.0. The summed E-state index contributed by atoms with van der Waals surface area (Å²) in [5.74, 6) is -0.481. The molecule has 9 heteroatoms. The Kier molecular flexibility index (Phi) is 6.98. The van der Waals surface area contributed by atoms with Gasteiger partial charge in [-0.2, -0.15) is 13.2 Å². The van der Waals surface area contributed by atoms with Crippen LogP contribution >= 0.6 is 0 Å². The highest BCUT2D eigenvalue weighted by molar-refractivity contribution is 5.66. The minimum absolute atomic E-state index is 0.174. The summed E-state index contributed by atoms with van der Waals surface area (Å²) in [4.78, 5) is 1.25. The fourth-order valence-corrected chi connectivity index (χ4v) is 3.13. The molecule has 1 N–H and O–H groups in total. The highest BCUT2D eigenvalue weighted by Crippen LogP contribution is 2.29. The molecule has 32 heavy (non-hydrogen) atoms. The minimum atomic E-state index is -4.89. The van der Waals surface area contributed by atoms with E-state index in [-0.39, 0.29) is 12.1 Å². The van der Waals surface area contributed by atoms with E-state index < -0.39 is 30.9 Å². The zero-order valence-electron chi connectivity index (χ0n) is 16.6. The molecule has 1 atom stereocenters. The Morgan fingerprint density at radius 2 is 1.41 bits per heavy atom. The molecule has 3 rings (SSSR count).